The van der Waals surface area contributed by atoms with E-state index in [9.17, 15) is 26.3 Å². The monoisotopic (exact) mass is 553 g/mol. The molecule has 0 bridgehead atoms. The highest BCUT2D eigenvalue weighted by Gasteiger charge is 2.37. The van der Waals surface area contributed by atoms with Crippen molar-refractivity contribution in [3.05, 3.63) is 101 Å². The van der Waals surface area contributed by atoms with Gasteiger partial charge in [0.15, 0.2) is 5.11 Å². The van der Waals surface area contributed by atoms with Gasteiger partial charge in [-0.1, -0.05) is 74.5 Å². The van der Waals surface area contributed by atoms with Crippen LogP contribution in [0.5, 0.6) is 0 Å². The van der Waals surface area contributed by atoms with E-state index in [1.165, 1.54) is 0 Å². The van der Waals surface area contributed by atoms with Crippen LogP contribution in [0.1, 0.15) is 61.0 Å². The molecular weight excluding hydrogens is 524 g/mol. The number of alkyl halides is 6. The smallest absolute Gasteiger partial charge is 0.354 e. The van der Waals surface area contributed by atoms with E-state index in [2.05, 4.69) is 29.8 Å². The zero-order chi connectivity index (χ0) is 27.9. The molecule has 2 atom stereocenters. The lowest BCUT2D eigenvalue weighted by Crippen LogP contribution is -2.43. The van der Waals surface area contributed by atoms with Crippen LogP contribution in [0, 0.1) is 0 Å². The molecule has 38 heavy (non-hydrogen) atoms. The number of nitrogens with one attached hydrogen (secondary N) is 3. The molecule has 2 unspecified atom stereocenters. The Morgan fingerprint density at radius 3 is 1.58 bits per heavy atom. The Labute approximate surface area is 223 Å². The van der Waals surface area contributed by atoms with Gasteiger partial charge in [0, 0.05) is 11.7 Å². The first-order valence-electron chi connectivity index (χ1n) is 12.1. The zero-order valence-electron chi connectivity index (χ0n) is 20.8. The van der Waals surface area contributed by atoms with Gasteiger partial charge in [-0.3, -0.25) is 0 Å². The molecule has 3 nitrogen and oxygen atoms in total. The minimum atomic E-state index is -4.96. The van der Waals surface area contributed by atoms with Gasteiger partial charge < -0.3 is 16.0 Å². The minimum absolute atomic E-state index is 0.0828. The second kappa shape index (κ2) is 12.6. The van der Waals surface area contributed by atoms with Crippen molar-refractivity contribution in [2.75, 3.05) is 5.32 Å². The summed E-state index contributed by atoms with van der Waals surface area (Å²) in [6.45, 7) is 4.12. The molecule has 0 fully saturated rings. The van der Waals surface area contributed by atoms with Crippen LogP contribution in [-0.4, -0.2) is 11.2 Å². The first-order chi connectivity index (χ1) is 17.9. The van der Waals surface area contributed by atoms with Gasteiger partial charge in [-0.25, -0.2) is 0 Å². The minimum Gasteiger partial charge on any atom is -0.354 e. The predicted octanol–water partition coefficient (Wildman–Crippen LogP) is 8.27. The zero-order valence-corrected chi connectivity index (χ0v) is 21.6. The quantitative estimate of drug-likeness (QED) is 0.184. The average Bonchev–Trinajstić information content (AvgIpc) is 2.88. The van der Waals surface area contributed by atoms with Gasteiger partial charge in [0.25, 0.3) is 0 Å². The summed E-state index contributed by atoms with van der Waals surface area (Å²) >= 11 is 5.41. The molecule has 204 valence electrons. The first kappa shape index (κ1) is 29.4. The van der Waals surface area contributed by atoms with E-state index in [4.69, 9.17) is 12.2 Å². The molecule has 10 heteroatoms. The molecule has 0 aliphatic rings. The van der Waals surface area contributed by atoms with E-state index in [1.807, 2.05) is 60.7 Å². The fraction of sp³-hybridized carbons (Fsp3) is 0.321. The highest BCUT2D eigenvalue weighted by atomic mass is 32.1. The molecule has 3 aromatic carbocycles. The summed E-state index contributed by atoms with van der Waals surface area (Å²) in [6, 6.07) is 19.6. The number of anilines is 1. The molecule has 0 spiro atoms. The van der Waals surface area contributed by atoms with Crippen LogP contribution in [-0.2, 0) is 12.4 Å². The molecule has 0 heterocycles. The van der Waals surface area contributed by atoms with Crippen molar-refractivity contribution in [2.24, 2.45) is 0 Å². The molecule has 0 saturated heterocycles. The molecule has 3 aromatic rings. The maximum atomic E-state index is 13.3. The van der Waals surface area contributed by atoms with Gasteiger partial charge in [0.2, 0.25) is 0 Å². The highest BCUT2D eigenvalue weighted by molar-refractivity contribution is 7.80. The second-order valence-electron chi connectivity index (χ2n) is 8.85. The van der Waals surface area contributed by atoms with Gasteiger partial charge in [0.05, 0.1) is 23.2 Å². The number of hydrogen-bond acceptors (Lipinski definition) is 2. The van der Waals surface area contributed by atoms with Crippen molar-refractivity contribution in [1.82, 2.24) is 10.6 Å². The lowest BCUT2D eigenvalue weighted by Gasteiger charge is -2.33. The highest BCUT2D eigenvalue weighted by Crippen LogP contribution is 2.38. The SMILES string of the molecule is CCC(CC)NC(c1ccccc1)C(NC(=S)Nc1cc(C(F)(F)F)cc(C(F)(F)F)c1)c1ccccc1. The van der Waals surface area contributed by atoms with Gasteiger partial charge in [-0.15, -0.1) is 0 Å². The molecule has 3 N–H and O–H groups in total. The number of halogens is 6. The number of thiocarbonyl (C=S) groups is 1. The van der Waals surface area contributed by atoms with Gasteiger partial charge >= 0.3 is 12.4 Å². The molecule has 0 aromatic heterocycles. The van der Waals surface area contributed by atoms with Crippen LogP contribution < -0.4 is 16.0 Å². The third-order valence-electron chi connectivity index (χ3n) is 6.18. The Morgan fingerprint density at radius 2 is 1.16 bits per heavy atom. The predicted molar refractivity (Wildman–Crippen MR) is 142 cm³/mol. The Morgan fingerprint density at radius 1 is 0.711 bits per heavy atom. The van der Waals surface area contributed by atoms with Gasteiger partial charge in [-0.2, -0.15) is 26.3 Å². The van der Waals surface area contributed by atoms with Crippen molar-refractivity contribution in [3.63, 3.8) is 0 Å². The normalized spacial score (nSPS) is 13.7. The van der Waals surface area contributed by atoms with Crippen LogP contribution >= 0.6 is 12.2 Å². The molecule has 0 saturated carbocycles. The Kier molecular flexibility index (Phi) is 9.78. The molecule has 0 amide bonds. The van der Waals surface area contributed by atoms with Crippen LogP contribution in [0.4, 0.5) is 32.0 Å². The number of hydrogen-bond donors (Lipinski definition) is 3. The Bertz CT molecular complexity index is 1150. The Hall–Kier alpha value is -3.11. The first-order valence-corrected chi connectivity index (χ1v) is 12.6. The third-order valence-corrected chi connectivity index (χ3v) is 6.40. The number of benzene rings is 3. The molecule has 0 aliphatic heterocycles. The average molecular weight is 554 g/mol. The summed E-state index contributed by atoms with van der Waals surface area (Å²) in [4.78, 5) is 0. The van der Waals surface area contributed by atoms with Crippen LogP contribution in [0.15, 0.2) is 78.9 Å². The molecule has 3 rings (SSSR count). The fourth-order valence-electron chi connectivity index (χ4n) is 4.18. The summed E-state index contributed by atoms with van der Waals surface area (Å²) in [5.41, 5.74) is -1.48. The van der Waals surface area contributed by atoms with Crippen molar-refractivity contribution in [3.8, 4) is 0 Å². The van der Waals surface area contributed by atoms with Crippen molar-refractivity contribution < 1.29 is 26.3 Å². The van der Waals surface area contributed by atoms with E-state index in [-0.39, 0.29) is 23.3 Å². The van der Waals surface area contributed by atoms with Crippen molar-refractivity contribution >= 4 is 23.0 Å². The van der Waals surface area contributed by atoms with Crippen molar-refractivity contribution in [1.29, 1.82) is 0 Å². The topological polar surface area (TPSA) is 36.1 Å². The molecule has 0 aliphatic carbocycles. The van der Waals surface area contributed by atoms with Gasteiger partial charge in [-0.05, 0) is 54.4 Å². The van der Waals surface area contributed by atoms with Gasteiger partial charge in [0.1, 0.15) is 0 Å². The van der Waals surface area contributed by atoms with Crippen LogP contribution in [0.25, 0.3) is 0 Å². The maximum Gasteiger partial charge on any atom is 0.416 e. The van der Waals surface area contributed by atoms with E-state index in [1.54, 1.807) is 0 Å². The van der Waals surface area contributed by atoms with Crippen LogP contribution in [0.2, 0.25) is 0 Å². The lowest BCUT2D eigenvalue weighted by molar-refractivity contribution is -0.143. The second-order valence-corrected chi connectivity index (χ2v) is 9.26. The van der Waals surface area contributed by atoms with E-state index in [0.29, 0.717) is 12.1 Å². The summed E-state index contributed by atoms with van der Waals surface area (Å²) < 4.78 is 80.0. The summed E-state index contributed by atoms with van der Waals surface area (Å²) in [7, 11) is 0. The van der Waals surface area contributed by atoms with Crippen LogP contribution in [0.3, 0.4) is 0 Å². The summed E-state index contributed by atoms with van der Waals surface area (Å²) in [5, 5.41) is 9.23. The summed E-state index contributed by atoms with van der Waals surface area (Å²) in [6.07, 6.45) is -8.21. The molecular formula is C28H29F6N3S. The van der Waals surface area contributed by atoms with E-state index in [0.717, 1.165) is 24.0 Å². The third kappa shape index (κ3) is 7.94. The largest absolute Gasteiger partial charge is 0.416 e. The summed E-state index contributed by atoms with van der Waals surface area (Å²) in [5.74, 6) is 0. The fourth-order valence-corrected chi connectivity index (χ4v) is 4.42. The van der Waals surface area contributed by atoms with E-state index < -0.39 is 35.2 Å². The Balaban J connectivity index is 1.98. The van der Waals surface area contributed by atoms with E-state index >= 15 is 0 Å². The lowest BCUT2D eigenvalue weighted by atomic mass is 9.92. The standard InChI is InChI=1S/C28H29F6N3S/c1-3-22(4-2)35-24(18-11-7-5-8-12-18)25(19-13-9-6-10-14-19)37-26(38)36-23-16-20(27(29,30)31)15-21(17-23)28(32,33)34/h5-17,22,24-25,35H,3-4H2,1-2H3,(H2,36,37,38). The maximum absolute atomic E-state index is 13.3. The molecule has 0 radical (unpaired) electrons. The number of rotatable bonds is 9. The van der Waals surface area contributed by atoms with Crippen molar-refractivity contribution in [2.45, 2.75) is 57.2 Å².